The van der Waals surface area contributed by atoms with Crippen molar-refractivity contribution in [1.82, 2.24) is 15.2 Å². The van der Waals surface area contributed by atoms with Crippen LogP contribution >= 0.6 is 0 Å². The zero-order chi connectivity index (χ0) is 22.2. The van der Waals surface area contributed by atoms with E-state index in [0.717, 1.165) is 57.6 Å². The summed E-state index contributed by atoms with van der Waals surface area (Å²) in [5, 5.41) is 3.22. The molecule has 4 nitrogen and oxygen atoms in total. The van der Waals surface area contributed by atoms with Crippen LogP contribution in [0.15, 0.2) is 79.0 Å². The maximum absolute atomic E-state index is 13.5. The lowest BCUT2D eigenvalue weighted by atomic mass is 9.72. The number of hydrogen-bond donors (Lipinski definition) is 1. The summed E-state index contributed by atoms with van der Waals surface area (Å²) in [6, 6.07) is 25.1. The molecule has 1 N–H and O–H groups in total. The fourth-order valence-electron chi connectivity index (χ4n) is 4.71. The fraction of sp³-hybridized carbons (Fsp3) is 0.357. The molecule has 2 aromatic carbocycles. The molecule has 0 atom stereocenters. The van der Waals surface area contributed by atoms with Gasteiger partial charge in [-0.05, 0) is 67.6 Å². The molecule has 1 aromatic heterocycles. The molecule has 1 saturated heterocycles. The van der Waals surface area contributed by atoms with Crippen LogP contribution in [-0.4, -0.2) is 35.4 Å². The van der Waals surface area contributed by atoms with E-state index in [4.69, 9.17) is 0 Å². The average molecular weight is 428 g/mol. The number of aromatic nitrogens is 1. The third-order valence-corrected chi connectivity index (χ3v) is 6.57. The molecule has 3 aromatic rings. The van der Waals surface area contributed by atoms with Gasteiger partial charge in [0.15, 0.2) is 0 Å². The quantitative estimate of drug-likeness (QED) is 0.544. The highest BCUT2D eigenvalue weighted by molar-refractivity contribution is 5.83. The smallest absolute Gasteiger partial charge is 0.226 e. The minimum atomic E-state index is -0.374. The number of rotatable bonds is 8. The maximum Gasteiger partial charge on any atom is 0.226 e. The van der Waals surface area contributed by atoms with Crippen molar-refractivity contribution in [1.29, 1.82) is 0 Å². The predicted molar refractivity (Wildman–Crippen MR) is 130 cm³/mol. The highest BCUT2D eigenvalue weighted by Gasteiger charge is 2.41. The average Bonchev–Trinajstić information content (AvgIpc) is 2.85. The minimum Gasteiger partial charge on any atom is -0.356 e. The summed E-state index contributed by atoms with van der Waals surface area (Å²) >= 11 is 0. The Kier molecular flexibility index (Phi) is 7.33. The van der Waals surface area contributed by atoms with Crippen LogP contribution < -0.4 is 5.32 Å². The third-order valence-electron chi connectivity index (χ3n) is 6.57. The molecule has 1 amide bonds. The summed E-state index contributed by atoms with van der Waals surface area (Å²) < 4.78 is 0. The number of pyridine rings is 1. The lowest BCUT2D eigenvalue weighted by Crippen LogP contribution is -2.50. The first kappa shape index (κ1) is 22.2. The van der Waals surface area contributed by atoms with E-state index in [1.54, 1.807) is 0 Å². The van der Waals surface area contributed by atoms with E-state index in [1.807, 2.05) is 24.4 Å². The maximum atomic E-state index is 13.5. The van der Waals surface area contributed by atoms with Crippen molar-refractivity contribution < 1.29 is 4.79 Å². The Balaban J connectivity index is 1.56. The molecule has 32 heavy (non-hydrogen) atoms. The topological polar surface area (TPSA) is 45.2 Å². The van der Waals surface area contributed by atoms with Gasteiger partial charge in [-0.25, -0.2) is 0 Å². The molecule has 0 bridgehead atoms. The summed E-state index contributed by atoms with van der Waals surface area (Å²) in [7, 11) is 0. The van der Waals surface area contributed by atoms with Gasteiger partial charge >= 0.3 is 0 Å². The van der Waals surface area contributed by atoms with Gasteiger partial charge in [0.1, 0.15) is 0 Å². The van der Waals surface area contributed by atoms with E-state index < -0.39 is 0 Å². The first-order valence-electron chi connectivity index (χ1n) is 11.7. The minimum absolute atomic E-state index is 0.208. The van der Waals surface area contributed by atoms with Crippen LogP contribution in [0.5, 0.6) is 0 Å². The summed E-state index contributed by atoms with van der Waals surface area (Å²) in [6.07, 6.45) is 5.29. The molecule has 1 aliphatic heterocycles. The van der Waals surface area contributed by atoms with E-state index in [0.29, 0.717) is 0 Å². The molecule has 166 valence electrons. The highest BCUT2D eigenvalue weighted by atomic mass is 16.2. The van der Waals surface area contributed by atoms with E-state index in [2.05, 4.69) is 76.7 Å². The summed E-state index contributed by atoms with van der Waals surface area (Å²) in [4.78, 5) is 20.4. The van der Waals surface area contributed by atoms with Crippen LogP contribution in [0.4, 0.5) is 0 Å². The fourth-order valence-corrected chi connectivity index (χ4v) is 4.71. The Morgan fingerprint density at radius 1 is 0.969 bits per heavy atom. The van der Waals surface area contributed by atoms with Gasteiger partial charge in [0.05, 0.1) is 11.1 Å². The molecule has 4 rings (SSSR count). The first-order valence-corrected chi connectivity index (χ1v) is 11.7. The normalized spacial score (nSPS) is 15.9. The third kappa shape index (κ3) is 5.25. The number of nitrogens with zero attached hydrogens (tertiary/aromatic N) is 2. The Labute approximate surface area is 191 Å². The second kappa shape index (κ2) is 10.6. The Morgan fingerprint density at radius 2 is 1.69 bits per heavy atom. The van der Waals surface area contributed by atoms with Crippen molar-refractivity contribution >= 4 is 5.91 Å². The van der Waals surface area contributed by atoms with Crippen molar-refractivity contribution in [3.63, 3.8) is 0 Å². The lowest BCUT2D eigenvalue weighted by molar-refractivity contribution is -0.134. The van der Waals surface area contributed by atoms with Crippen LogP contribution in [0.3, 0.4) is 0 Å². The molecule has 2 heterocycles. The SMILES string of the molecule is CCCNC(=O)C1(Cc2ccccc2-c2ccccc2)CCN(Cc2ccccn2)CC1. The summed E-state index contributed by atoms with van der Waals surface area (Å²) in [5.74, 6) is 0.208. The Hall–Kier alpha value is -2.98. The van der Waals surface area contributed by atoms with Gasteiger partial charge in [-0.3, -0.25) is 14.7 Å². The zero-order valence-corrected chi connectivity index (χ0v) is 19.0. The molecule has 0 radical (unpaired) electrons. The van der Waals surface area contributed by atoms with Gasteiger partial charge in [0.2, 0.25) is 5.91 Å². The van der Waals surface area contributed by atoms with Crippen LogP contribution in [0.25, 0.3) is 11.1 Å². The Bertz CT molecular complexity index is 995. The van der Waals surface area contributed by atoms with Crippen molar-refractivity contribution in [3.05, 3.63) is 90.3 Å². The van der Waals surface area contributed by atoms with Gasteiger partial charge in [0.25, 0.3) is 0 Å². The van der Waals surface area contributed by atoms with Gasteiger partial charge in [-0.15, -0.1) is 0 Å². The van der Waals surface area contributed by atoms with E-state index in [9.17, 15) is 4.79 Å². The summed E-state index contributed by atoms with van der Waals surface area (Å²) in [6.45, 7) is 5.49. The van der Waals surface area contributed by atoms with Gasteiger partial charge in [-0.2, -0.15) is 0 Å². The monoisotopic (exact) mass is 427 g/mol. The largest absolute Gasteiger partial charge is 0.356 e. The van der Waals surface area contributed by atoms with Crippen molar-refractivity contribution in [3.8, 4) is 11.1 Å². The van der Waals surface area contributed by atoms with Gasteiger partial charge in [0, 0.05) is 19.3 Å². The van der Waals surface area contributed by atoms with Crippen LogP contribution in [0, 0.1) is 5.41 Å². The number of hydrogen-bond acceptors (Lipinski definition) is 3. The molecule has 0 spiro atoms. The molecule has 4 heteroatoms. The van der Waals surface area contributed by atoms with Crippen LogP contribution in [0.1, 0.15) is 37.4 Å². The number of amides is 1. The van der Waals surface area contributed by atoms with Gasteiger partial charge in [-0.1, -0.05) is 67.6 Å². The second-order valence-corrected chi connectivity index (χ2v) is 8.83. The van der Waals surface area contributed by atoms with E-state index >= 15 is 0 Å². The number of likely N-dealkylation sites (tertiary alicyclic amines) is 1. The predicted octanol–water partition coefficient (Wildman–Crippen LogP) is 5.10. The molecule has 1 aliphatic rings. The second-order valence-electron chi connectivity index (χ2n) is 8.83. The highest BCUT2D eigenvalue weighted by Crippen LogP contribution is 2.38. The molecule has 0 saturated carbocycles. The zero-order valence-electron chi connectivity index (χ0n) is 19.0. The lowest BCUT2D eigenvalue weighted by Gasteiger charge is -2.41. The van der Waals surface area contributed by atoms with Crippen LogP contribution in [-0.2, 0) is 17.8 Å². The Morgan fingerprint density at radius 3 is 2.41 bits per heavy atom. The van der Waals surface area contributed by atoms with Crippen molar-refractivity contribution in [2.45, 2.75) is 39.2 Å². The van der Waals surface area contributed by atoms with Crippen LogP contribution in [0.2, 0.25) is 0 Å². The molecule has 0 unspecified atom stereocenters. The number of benzene rings is 2. The molecule has 1 fully saturated rings. The number of piperidine rings is 1. The van der Waals surface area contributed by atoms with Gasteiger partial charge < -0.3 is 5.32 Å². The van der Waals surface area contributed by atoms with E-state index in [1.165, 1.54) is 16.7 Å². The number of nitrogens with one attached hydrogen (secondary N) is 1. The number of carbonyl (C=O) groups is 1. The summed E-state index contributed by atoms with van der Waals surface area (Å²) in [5.41, 5.74) is 4.40. The first-order chi connectivity index (χ1) is 15.7. The van der Waals surface area contributed by atoms with Crippen molar-refractivity contribution in [2.75, 3.05) is 19.6 Å². The van der Waals surface area contributed by atoms with Crippen molar-refractivity contribution in [2.24, 2.45) is 5.41 Å². The van der Waals surface area contributed by atoms with E-state index in [-0.39, 0.29) is 11.3 Å². The number of carbonyl (C=O) groups excluding carboxylic acids is 1. The molecular weight excluding hydrogens is 394 g/mol. The standard InChI is InChI=1S/C28H33N3O/c1-2-17-30-27(32)28(15-19-31(20-16-28)22-25-13-8-9-18-29-25)21-24-12-6-7-14-26(24)23-10-4-3-5-11-23/h3-14,18H,2,15-17,19-22H2,1H3,(H,30,32). The molecule has 0 aliphatic carbocycles. The molecular formula is C28H33N3O.